The summed E-state index contributed by atoms with van der Waals surface area (Å²) in [6, 6.07) is 8.32. The number of quaternary nitrogens is 1. The number of amides is 1. The van der Waals surface area contributed by atoms with Gasteiger partial charge in [-0.3, -0.25) is 4.79 Å². The molecule has 1 aromatic rings. The SMILES string of the molecule is CCC(=O)N1CCC[N+](C)(Cc2ccc(OC)cc2)CC1. The summed E-state index contributed by atoms with van der Waals surface area (Å²) in [4.78, 5) is 13.9. The van der Waals surface area contributed by atoms with Gasteiger partial charge in [-0.05, 0) is 24.3 Å². The Bertz CT molecular complexity index is 472. The molecule has 4 nitrogen and oxygen atoms in total. The quantitative estimate of drug-likeness (QED) is 0.797. The van der Waals surface area contributed by atoms with E-state index in [1.807, 2.05) is 24.0 Å². The van der Waals surface area contributed by atoms with Crippen molar-refractivity contribution in [2.75, 3.05) is 40.3 Å². The molecule has 1 amide bonds. The van der Waals surface area contributed by atoms with Crippen LogP contribution in [0.5, 0.6) is 5.75 Å². The van der Waals surface area contributed by atoms with E-state index in [0.717, 1.165) is 49.4 Å². The van der Waals surface area contributed by atoms with Gasteiger partial charge in [0.05, 0.1) is 33.8 Å². The average molecular weight is 291 g/mol. The highest BCUT2D eigenvalue weighted by Crippen LogP contribution is 2.19. The van der Waals surface area contributed by atoms with Crippen LogP contribution in [-0.4, -0.2) is 55.6 Å². The fraction of sp³-hybridized carbons (Fsp3) is 0.588. The minimum Gasteiger partial charge on any atom is -0.497 e. The van der Waals surface area contributed by atoms with Crippen molar-refractivity contribution in [2.45, 2.75) is 26.3 Å². The number of hydrogen-bond acceptors (Lipinski definition) is 2. The monoisotopic (exact) mass is 291 g/mol. The molecule has 1 saturated heterocycles. The van der Waals surface area contributed by atoms with E-state index in [0.29, 0.717) is 6.42 Å². The van der Waals surface area contributed by atoms with Gasteiger partial charge >= 0.3 is 0 Å². The summed E-state index contributed by atoms with van der Waals surface area (Å²) < 4.78 is 6.21. The first-order chi connectivity index (χ1) is 10.1. The van der Waals surface area contributed by atoms with E-state index in [1.54, 1.807) is 7.11 Å². The molecule has 4 heteroatoms. The van der Waals surface area contributed by atoms with Crippen LogP contribution in [0, 0.1) is 0 Å². The number of methoxy groups -OCH3 is 1. The highest BCUT2D eigenvalue weighted by Gasteiger charge is 2.27. The topological polar surface area (TPSA) is 29.5 Å². The van der Waals surface area contributed by atoms with Crippen molar-refractivity contribution < 1.29 is 14.0 Å². The number of hydrogen-bond donors (Lipinski definition) is 0. The Morgan fingerprint density at radius 3 is 2.57 bits per heavy atom. The summed E-state index contributed by atoms with van der Waals surface area (Å²) in [7, 11) is 3.99. The summed E-state index contributed by atoms with van der Waals surface area (Å²) in [5.74, 6) is 1.19. The molecule has 0 aliphatic carbocycles. The van der Waals surface area contributed by atoms with Gasteiger partial charge in [-0.1, -0.05) is 6.92 Å². The van der Waals surface area contributed by atoms with E-state index in [-0.39, 0.29) is 5.91 Å². The van der Waals surface area contributed by atoms with Gasteiger partial charge in [0, 0.05) is 24.9 Å². The molecule has 1 aliphatic heterocycles. The third kappa shape index (κ3) is 4.21. The van der Waals surface area contributed by atoms with Crippen molar-refractivity contribution in [3.05, 3.63) is 29.8 Å². The Morgan fingerprint density at radius 1 is 1.24 bits per heavy atom. The summed E-state index contributed by atoms with van der Waals surface area (Å²) in [5.41, 5.74) is 1.33. The Hall–Kier alpha value is -1.55. The lowest BCUT2D eigenvalue weighted by Crippen LogP contribution is -2.46. The van der Waals surface area contributed by atoms with Crippen LogP contribution in [0.1, 0.15) is 25.3 Å². The molecule has 2 rings (SSSR count). The highest BCUT2D eigenvalue weighted by molar-refractivity contribution is 5.75. The molecule has 116 valence electrons. The van der Waals surface area contributed by atoms with Gasteiger partial charge in [0.15, 0.2) is 0 Å². The van der Waals surface area contributed by atoms with Gasteiger partial charge in [-0.2, -0.15) is 0 Å². The van der Waals surface area contributed by atoms with E-state index >= 15 is 0 Å². The van der Waals surface area contributed by atoms with E-state index in [2.05, 4.69) is 19.2 Å². The molecule has 0 N–H and O–H groups in total. The summed E-state index contributed by atoms with van der Waals surface area (Å²) in [6.07, 6.45) is 1.70. The van der Waals surface area contributed by atoms with Gasteiger partial charge in [-0.25, -0.2) is 0 Å². The average Bonchev–Trinajstić information content (AvgIpc) is 2.69. The largest absolute Gasteiger partial charge is 0.497 e. The van der Waals surface area contributed by atoms with Crippen LogP contribution in [0.15, 0.2) is 24.3 Å². The number of carbonyl (C=O) groups excluding carboxylic acids is 1. The van der Waals surface area contributed by atoms with Crippen molar-refractivity contribution >= 4 is 5.91 Å². The van der Waals surface area contributed by atoms with E-state index in [4.69, 9.17) is 4.74 Å². The van der Waals surface area contributed by atoms with Gasteiger partial charge < -0.3 is 14.1 Å². The molecule has 0 saturated carbocycles. The normalized spacial score (nSPS) is 22.7. The van der Waals surface area contributed by atoms with Crippen LogP contribution in [-0.2, 0) is 11.3 Å². The van der Waals surface area contributed by atoms with Gasteiger partial charge in [-0.15, -0.1) is 0 Å². The minimum atomic E-state index is 0.285. The highest BCUT2D eigenvalue weighted by atomic mass is 16.5. The lowest BCUT2D eigenvalue weighted by Gasteiger charge is -2.33. The Kier molecular flexibility index (Phi) is 5.23. The second-order valence-corrected chi connectivity index (χ2v) is 6.16. The molecular formula is C17H27N2O2+. The molecule has 1 atom stereocenters. The first kappa shape index (κ1) is 15.8. The predicted molar refractivity (Wildman–Crippen MR) is 84.1 cm³/mol. The first-order valence-corrected chi connectivity index (χ1v) is 7.80. The first-order valence-electron chi connectivity index (χ1n) is 7.80. The minimum absolute atomic E-state index is 0.285. The lowest BCUT2D eigenvalue weighted by molar-refractivity contribution is -0.920. The number of rotatable bonds is 4. The number of ether oxygens (including phenoxy) is 1. The van der Waals surface area contributed by atoms with Crippen LogP contribution < -0.4 is 4.74 Å². The molecule has 21 heavy (non-hydrogen) atoms. The molecule has 1 aliphatic rings. The van der Waals surface area contributed by atoms with Gasteiger partial charge in [0.1, 0.15) is 12.3 Å². The Labute approximate surface area is 127 Å². The zero-order valence-electron chi connectivity index (χ0n) is 13.5. The lowest BCUT2D eigenvalue weighted by atomic mass is 10.1. The molecule has 0 bridgehead atoms. The van der Waals surface area contributed by atoms with Crippen molar-refractivity contribution in [3.8, 4) is 5.75 Å². The molecule has 1 aromatic carbocycles. The fourth-order valence-electron chi connectivity index (χ4n) is 3.03. The van der Waals surface area contributed by atoms with Gasteiger partial charge in [0.2, 0.25) is 5.91 Å². The number of nitrogens with zero attached hydrogens (tertiary/aromatic N) is 2. The van der Waals surface area contributed by atoms with E-state index < -0.39 is 0 Å². The molecular weight excluding hydrogens is 264 g/mol. The van der Waals surface area contributed by atoms with Crippen molar-refractivity contribution in [2.24, 2.45) is 0 Å². The maximum atomic E-state index is 11.9. The van der Waals surface area contributed by atoms with Crippen molar-refractivity contribution in [1.29, 1.82) is 0 Å². The maximum absolute atomic E-state index is 11.9. The number of benzene rings is 1. The zero-order chi connectivity index (χ0) is 15.3. The van der Waals surface area contributed by atoms with E-state index in [9.17, 15) is 4.79 Å². The Morgan fingerprint density at radius 2 is 1.95 bits per heavy atom. The molecule has 0 spiro atoms. The molecule has 1 unspecified atom stereocenters. The summed E-state index contributed by atoms with van der Waals surface area (Å²) >= 11 is 0. The van der Waals surface area contributed by atoms with Crippen molar-refractivity contribution in [1.82, 2.24) is 4.90 Å². The third-order valence-electron chi connectivity index (χ3n) is 4.41. The second-order valence-electron chi connectivity index (χ2n) is 6.16. The summed E-state index contributed by atoms with van der Waals surface area (Å²) in [5, 5.41) is 0. The van der Waals surface area contributed by atoms with Crippen LogP contribution in [0.2, 0.25) is 0 Å². The standard InChI is InChI=1S/C17H27N2O2/c1-4-17(20)18-10-5-12-19(2,13-11-18)14-15-6-8-16(21-3)9-7-15/h6-9H,4-5,10-14H2,1-3H3/q+1. The fourth-order valence-corrected chi connectivity index (χ4v) is 3.03. The second kappa shape index (κ2) is 6.94. The van der Waals surface area contributed by atoms with Gasteiger partial charge in [0.25, 0.3) is 0 Å². The van der Waals surface area contributed by atoms with Crippen LogP contribution >= 0.6 is 0 Å². The molecule has 0 radical (unpaired) electrons. The Balaban J connectivity index is 1.99. The predicted octanol–water partition coefficient (Wildman–Crippen LogP) is 2.28. The summed E-state index contributed by atoms with van der Waals surface area (Å²) in [6.45, 7) is 6.89. The number of likely N-dealkylation sites (N-methyl/N-ethyl adjacent to an activating group) is 1. The smallest absolute Gasteiger partial charge is 0.222 e. The molecule has 1 fully saturated rings. The van der Waals surface area contributed by atoms with Crippen LogP contribution in [0.3, 0.4) is 0 Å². The molecule has 0 aromatic heterocycles. The van der Waals surface area contributed by atoms with E-state index in [1.165, 1.54) is 5.56 Å². The number of carbonyl (C=O) groups is 1. The van der Waals surface area contributed by atoms with Crippen molar-refractivity contribution in [3.63, 3.8) is 0 Å². The maximum Gasteiger partial charge on any atom is 0.222 e. The van der Waals surface area contributed by atoms with Crippen LogP contribution in [0.4, 0.5) is 0 Å². The third-order valence-corrected chi connectivity index (χ3v) is 4.41. The zero-order valence-corrected chi connectivity index (χ0v) is 13.5. The molecule has 1 heterocycles. The van der Waals surface area contributed by atoms with Crippen LogP contribution in [0.25, 0.3) is 0 Å².